The summed E-state index contributed by atoms with van der Waals surface area (Å²) >= 11 is 3.15. The maximum Gasteiger partial charge on any atom is 0.251 e. The van der Waals surface area contributed by atoms with Crippen molar-refractivity contribution in [1.82, 2.24) is 5.32 Å². The largest absolute Gasteiger partial charge is 0.352 e. The molecule has 0 atom stereocenters. The van der Waals surface area contributed by atoms with Gasteiger partial charge in [0.2, 0.25) is 0 Å². The predicted octanol–water partition coefficient (Wildman–Crippen LogP) is 4.12. The Morgan fingerprint density at radius 1 is 1.14 bits per heavy atom. The Morgan fingerprint density at radius 2 is 1.81 bits per heavy atom. The highest BCUT2D eigenvalue weighted by atomic mass is 79.9. The van der Waals surface area contributed by atoms with Crippen LogP contribution in [0.3, 0.4) is 0 Å². The quantitative estimate of drug-likeness (QED) is 0.864. The zero-order valence-electron chi connectivity index (χ0n) is 11.8. The number of hydrogen-bond acceptors (Lipinski definition) is 1. The van der Waals surface area contributed by atoms with Crippen LogP contribution in [-0.4, -0.2) is 12.5 Å². The number of nitrogens with one attached hydrogen (secondary N) is 1. The van der Waals surface area contributed by atoms with Crippen molar-refractivity contribution in [3.05, 3.63) is 69.4 Å². The van der Waals surface area contributed by atoms with Gasteiger partial charge >= 0.3 is 0 Å². The first-order chi connectivity index (χ1) is 10.1. The lowest BCUT2D eigenvalue weighted by Gasteiger charge is -2.07. The number of benzene rings is 2. The number of amides is 1. The molecule has 110 valence electrons. The van der Waals surface area contributed by atoms with Gasteiger partial charge in [0.15, 0.2) is 0 Å². The summed E-state index contributed by atoms with van der Waals surface area (Å²) in [6.07, 6.45) is 1.62. The summed E-state index contributed by atoms with van der Waals surface area (Å²) in [4.78, 5) is 12.0. The fraction of sp³-hybridized carbons (Fsp3) is 0.235. The number of carbonyl (C=O) groups is 1. The molecule has 0 saturated heterocycles. The van der Waals surface area contributed by atoms with E-state index in [0.29, 0.717) is 23.0 Å². The van der Waals surface area contributed by atoms with E-state index < -0.39 is 0 Å². The van der Waals surface area contributed by atoms with Gasteiger partial charge in [-0.3, -0.25) is 4.79 Å². The van der Waals surface area contributed by atoms with Crippen molar-refractivity contribution in [2.75, 3.05) is 6.54 Å². The molecular weight excluding hydrogens is 333 g/mol. The SMILES string of the molecule is CCc1ccc(C(=O)NCCc2ccc(F)c(Br)c2)cc1. The highest BCUT2D eigenvalue weighted by Crippen LogP contribution is 2.17. The van der Waals surface area contributed by atoms with Crippen LogP contribution in [0.5, 0.6) is 0 Å². The Bertz CT molecular complexity index is 625. The van der Waals surface area contributed by atoms with E-state index in [2.05, 4.69) is 28.2 Å². The predicted molar refractivity (Wildman–Crippen MR) is 86.0 cm³/mol. The monoisotopic (exact) mass is 349 g/mol. The van der Waals surface area contributed by atoms with E-state index in [4.69, 9.17) is 0 Å². The molecule has 4 heteroatoms. The minimum atomic E-state index is -0.279. The second-order valence-corrected chi connectivity index (χ2v) is 5.66. The molecule has 1 amide bonds. The van der Waals surface area contributed by atoms with Crippen molar-refractivity contribution >= 4 is 21.8 Å². The lowest BCUT2D eigenvalue weighted by molar-refractivity contribution is 0.0954. The highest BCUT2D eigenvalue weighted by Gasteiger charge is 2.05. The molecule has 0 aliphatic heterocycles. The summed E-state index contributed by atoms with van der Waals surface area (Å²) in [5.41, 5.74) is 2.85. The zero-order valence-corrected chi connectivity index (χ0v) is 13.4. The molecule has 0 spiro atoms. The van der Waals surface area contributed by atoms with E-state index in [1.807, 2.05) is 24.3 Å². The molecule has 2 rings (SSSR count). The molecule has 0 heterocycles. The summed E-state index contributed by atoms with van der Waals surface area (Å²) in [5, 5.41) is 2.87. The second-order valence-electron chi connectivity index (χ2n) is 4.80. The number of hydrogen-bond donors (Lipinski definition) is 1. The van der Waals surface area contributed by atoms with Gasteiger partial charge in [0.1, 0.15) is 5.82 Å². The van der Waals surface area contributed by atoms with E-state index in [-0.39, 0.29) is 11.7 Å². The van der Waals surface area contributed by atoms with Crippen LogP contribution in [0, 0.1) is 5.82 Å². The summed E-state index contributed by atoms with van der Waals surface area (Å²) in [5.74, 6) is -0.363. The fourth-order valence-corrected chi connectivity index (χ4v) is 2.44. The first kappa shape index (κ1) is 15.7. The molecule has 0 saturated carbocycles. The van der Waals surface area contributed by atoms with Crippen LogP contribution >= 0.6 is 15.9 Å². The third kappa shape index (κ3) is 4.39. The van der Waals surface area contributed by atoms with Crippen LogP contribution in [0.4, 0.5) is 4.39 Å². The molecule has 0 unspecified atom stereocenters. The average molecular weight is 350 g/mol. The number of rotatable bonds is 5. The van der Waals surface area contributed by atoms with Gasteiger partial charge in [-0.25, -0.2) is 4.39 Å². The second kappa shape index (κ2) is 7.36. The van der Waals surface area contributed by atoms with E-state index in [1.54, 1.807) is 12.1 Å². The van der Waals surface area contributed by atoms with Gasteiger partial charge < -0.3 is 5.32 Å². The topological polar surface area (TPSA) is 29.1 Å². The molecule has 0 aromatic heterocycles. The van der Waals surface area contributed by atoms with Crippen molar-refractivity contribution in [2.24, 2.45) is 0 Å². The maximum atomic E-state index is 13.1. The number of carbonyl (C=O) groups excluding carboxylic acids is 1. The smallest absolute Gasteiger partial charge is 0.251 e. The van der Waals surface area contributed by atoms with Crippen LogP contribution in [0.25, 0.3) is 0 Å². The lowest BCUT2D eigenvalue weighted by atomic mass is 10.1. The Kier molecular flexibility index (Phi) is 5.51. The van der Waals surface area contributed by atoms with E-state index in [9.17, 15) is 9.18 Å². The molecule has 0 aliphatic rings. The number of halogens is 2. The van der Waals surface area contributed by atoms with Crippen molar-refractivity contribution in [3.8, 4) is 0 Å². The molecule has 0 radical (unpaired) electrons. The van der Waals surface area contributed by atoms with Gasteiger partial charge in [0, 0.05) is 12.1 Å². The summed E-state index contributed by atoms with van der Waals surface area (Å²) in [7, 11) is 0. The van der Waals surface area contributed by atoms with E-state index in [0.717, 1.165) is 12.0 Å². The molecule has 21 heavy (non-hydrogen) atoms. The third-order valence-electron chi connectivity index (χ3n) is 3.31. The Labute approximate surface area is 132 Å². The zero-order chi connectivity index (χ0) is 15.2. The van der Waals surface area contributed by atoms with Crippen molar-refractivity contribution in [2.45, 2.75) is 19.8 Å². The van der Waals surface area contributed by atoms with Gasteiger partial charge in [-0.15, -0.1) is 0 Å². The molecule has 0 aliphatic carbocycles. The third-order valence-corrected chi connectivity index (χ3v) is 3.92. The summed E-state index contributed by atoms with van der Waals surface area (Å²) in [6, 6.07) is 12.5. The van der Waals surface area contributed by atoms with E-state index in [1.165, 1.54) is 11.6 Å². The lowest BCUT2D eigenvalue weighted by Crippen LogP contribution is -2.25. The molecule has 2 aromatic carbocycles. The van der Waals surface area contributed by atoms with Crippen LogP contribution in [0.15, 0.2) is 46.9 Å². The van der Waals surface area contributed by atoms with Crippen LogP contribution in [0.1, 0.15) is 28.4 Å². The minimum absolute atomic E-state index is 0.0844. The average Bonchev–Trinajstić information content (AvgIpc) is 2.51. The van der Waals surface area contributed by atoms with Crippen LogP contribution in [-0.2, 0) is 12.8 Å². The Morgan fingerprint density at radius 3 is 2.43 bits per heavy atom. The Hall–Kier alpha value is -1.68. The fourth-order valence-electron chi connectivity index (χ4n) is 2.01. The molecule has 1 N–H and O–H groups in total. The molecule has 2 aromatic rings. The van der Waals surface area contributed by atoms with Crippen LogP contribution < -0.4 is 5.32 Å². The normalized spacial score (nSPS) is 10.4. The van der Waals surface area contributed by atoms with Gasteiger partial charge in [-0.2, -0.15) is 0 Å². The van der Waals surface area contributed by atoms with E-state index >= 15 is 0 Å². The van der Waals surface area contributed by atoms with Crippen molar-refractivity contribution < 1.29 is 9.18 Å². The maximum absolute atomic E-state index is 13.1. The summed E-state index contributed by atoms with van der Waals surface area (Å²) < 4.78 is 13.6. The summed E-state index contributed by atoms with van der Waals surface area (Å²) in [6.45, 7) is 2.60. The molecule has 2 nitrogen and oxygen atoms in total. The first-order valence-electron chi connectivity index (χ1n) is 6.91. The molecule has 0 bridgehead atoms. The minimum Gasteiger partial charge on any atom is -0.352 e. The first-order valence-corrected chi connectivity index (χ1v) is 7.70. The van der Waals surface area contributed by atoms with Gasteiger partial charge in [-0.05, 0) is 64.2 Å². The van der Waals surface area contributed by atoms with Crippen molar-refractivity contribution in [1.29, 1.82) is 0 Å². The van der Waals surface area contributed by atoms with Gasteiger partial charge in [0.25, 0.3) is 5.91 Å². The van der Waals surface area contributed by atoms with Gasteiger partial charge in [0.05, 0.1) is 4.47 Å². The van der Waals surface area contributed by atoms with Crippen LogP contribution in [0.2, 0.25) is 0 Å². The number of aryl methyl sites for hydroxylation is 1. The molecular formula is C17H17BrFNO. The highest BCUT2D eigenvalue weighted by molar-refractivity contribution is 9.10. The van der Waals surface area contributed by atoms with Crippen molar-refractivity contribution in [3.63, 3.8) is 0 Å². The standard InChI is InChI=1S/C17H17BrFNO/c1-2-12-3-6-14(7-4-12)17(21)20-10-9-13-5-8-16(19)15(18)11-13/h3-8,11H,2,9-10H2,1H3,(H,20,21). The molecule has 0 fully saturated rings. The van der Waals surface area contributed by atoms with Gasteiger partial charge in [-0.1, -0.05) is 25.1 Å². The Balaban J connectivity index is 1.87.